The lowest BCUT2D eigenvalue weighted by atomic mass is 9.91. The summed E-state index contributed by atoms with van der Waals surface area (Å²) in [7, 11) is 0. The van der Waals surface area contributed by atoms with Crippen LogP contribution in [0.2, 0.25) is 0 Å². The van der Waals surface area contributed by atoms with E-state index in [0.29, 0.717) is 19.0 Å². The van der Waals surface area contributed by atoms with Gasteiger partial charge in [0.2, 0.25) is 0 Å². The van der Waals surface area contributed by atoms with Gasteiger partial charge in [0.15, 0.2) is 0 Å². The molecule has 30 heavy (non-hydrogen) atoms. The van der Waals surface area contributed by atoms with Crippen LogP contribution in [0.1, 0.15) is 48.4 Å². The van der Waals surface area contributed by atoms with E-state index in [0.717, 1.165) is 31.7 Å². The fourth-order valence-corrected chi connectivity index (χ4v) is 4.08. The van der Waals surface area contributed by atoms with Crippen LogP contribution in [0, 0.1) is 25.7 Å². The molecule has 4 nitrogen and oxygen atoms in total. The van der Waals surface area contributed by atoms with E-state index in [1.165, 1.54) is 35.1 Å². The van der Waals surface area contributed by atoms with Crippen LogP contribution in [-0.2, 0) is 17.8 Å². The molecule has 0 spiro atoms. The monoisotopic (exact) mass is 409 g/mol. The molecule has 1 saturated heterocycles. The number of aryl methyl sites for hydroxylation is 2. The minimum absolute atomic E-state index is 0.199. The molecule has 1 aliphatic rings. The van der Waals surface area contributed by atoms with Crippen molar-refractivity contribution in [1.29, 1.82) is 0 Å². The number of ether oxygens (including phenoxy) is 1. The van der Waals surface area contributed by atoms with Crippen molar-refractivity contribution < 1.29 is 14.6 Å². The van der Waals surface area contributed by atoms with E-state index in [-0.39, 0.29) is 5.92 Å². The molecule has 1 heterocycles. The molecule has 1 N–H and O–H groups in total. The van der Waals surface area contributed by atoms with Crippen LogP contribution in [0.15, 0.2) is 42.5 Å². The van der Waals surface area contributed by atoms with E-state index in [9.17, 15) is 4.79 Å². The van der Waals surface area contributed by atoms with Crippen LogP contribution in [0.25, 0.3) is 0 Å². The van der Waals surface area contributed by atoms with Crippen LogP contribution in [0.5, 0.6) is 5.75 Å². The van der Waals surface area contributed by atoms with E-state index in [4.69, 9.17) is 9.84 Å². The Morgan fingerprint density at radius 1 is 1.10 bits per heavy atom. The highest BCUT2D eigenvalue weighted by atomic mass is 16.5. The van der Waals surface area contributed by atoms with Gasteiger partial charge in [-0.15, -0.1) is 0 Å². The molecule has 162 valence electrons. The van der Waals surface area contributed by atoms with Crippen molar-refractivity contribution in [2.24, 2.45) is 11.8 Å². The first-order valence-electron chi connectivity index (χ1n) is 11.2. The van der Waals surface area contributed by atoms with Crippen molar-refractivity contribution in [3.05, 3.63) is 64.7 Å². The Balaban J connectivity index is 1.36. The number of hydrogen-bond acceptors (Lipinski definition) is 3. The van der Waals surface area contributed by atoms with Crippen molar-refractivity contribution >= 4 is 5.97 Å². The Labute approximate surface area is 180 Å². The van der Waals surface area contributed by atoms with Gasteiger partial charge in [0, 0.05) is 19.6 Å². The van der Waals surface area contributed by atoms with E-state index in [1.54, 1.807) is 0 Å². The van der Waals surface area contributed by atoms with Gasteiger partial charge in [0.05, 0.1) is 12.5 Å². The highest BCUT2D eigenvalue weighted by Crippen LogP contribution is 2.22. The van der Waals surface area contributed by atoms with E-state index >= 15 is 0 Å². The van der Waals surface area contributed by atoms with Crippen molar-refractivity contribution in [2.75, 3.05) is 19.7 Å². The topological polar surface area (TPSA) is 49.8 Å². The predicted molar refractivity (Wildman–Crippen MR) is 121 cm³/mol. The molecule has 3 rings (SSSR count). The Morgan fingerprint density at radius 2 is 1.80 bits per heavy atom. The van der Waals surface area contributed by atoms with Gasteiger partial charge in [-0.25, -0.2) is 0 Å². The highest BCUT2D eigenvalue weighted by molar-refractivity contribution is 5.71. The van der Waals surface area contributed by atoms with Gasteiger partial charge in [-0.2, -0.15) is 0 Å². The van der Waals surface area contributed by atoms with Gasteiger partial charge in [-0.1, -0.05) is 43.7 Å². The summed E-state index contributed by atoms with van der Waals surface area (Å²) in [6.45, 7) is 9.48. The van der Waals surface area contributed by atoms with Gasteiger partial charge in [-0.3, -0.25) is 9.69 Å². The summed E-state index contributed by atoms with van der Waals surface area (Å²) >= 11 is 0. The Kier molecular flexibility index (Phi) is 7.92. The van der Waals surface area contributed by atoms with E-state index in [1.807, 2.05) is 12.1 Å². The second-order valence-electron chi connectivity index (χ2n) is 8.76. The maximum atomic E-state index is 10.9. The lowest BCUT2D eigenvalue weighted by molar-refractivity contribution is -0.147. The number of nitrogens with zero attached hydrogens (tertiary/aromatic N) is 1. The Morgan fingerprint density at radius 3 is 2.43 bits per heavy atom. The van der Waals surface area contributed by atoms with E-state index in [2.05, 4.69) is 56.0 Å². The minimum Gasteiger partial charge on any atom is -0.494 e. The number of aliphatic carboxylic acids is 1. The smallest absolute Gasteiger partial charge is 0.309 e. The number of benzene rings is 2. The first-order chi connectivity index (χ1) is 14.4. The number of rotatable bonds is 11. The molecule has 1 aliphatic heterocycles. The molecule has 1 fully saturated rings. The molecule has 0 aliphatic carbocycles. The molecule has 2 aromatic rings. The standard InChI is InChI=1S/C26H35NO3/c1-4-21(15-23-8-7-19(2)20(3)14-23)6-5-13-30-25-11-9-22(10-12-25)16-27-17-24(18-27)26(28)29/h7-12,14,21,24H,4-6,13,15-18H2,1-3H3,(H,28,29). The van der Waals surface area contributed by atoms with Crippen molar-refractivity contribution in [1.82, 2.24) is 4.90 Å². The molecule has 0 amide bonds. The summed E-state index contributed by atoms with van der Waals surface area (Å²) in [5.74, 6) is 0.723. The summed E-state index contributed by atoms with van der Waals surface area (Å²) in [5, 5.41) is 8.96. The molecule has 0 aromatic heterocycles. The molecule has 2 aromatic carbocycles. The molecular weight excluding hydrogens is 374 g/mol. The average Bonchev–Trinajstić information content (AvgIpc) is 2.70. The third-order valence-electron chi connectivity index (χ3n) is 6.33. The van der Waals surface area contributed by atoms with Gasteiger partial charge in [-0.05, 0) is 73.4 Å². The van der Waals surface area contributed by atoms with Crippen LogP contribution >= 0.6 is 0 Å². The number of carboxylic acids is 1. The number of carboxylic acid groups (broad SMARTS) is 1. The molecule has 0 saturated carbocycles. The normalized spacial score (nSPS) is 15.6. The molecule has 1 unspecified atom stereocenters. The fourth-order valence-electron chi connectivity index (χ4n) is 4.08. The maximum absolute atomic E-state index is 10.9. The third-order valence-corrected chi connectivity index (χ3v) is 6.33. The summed E-state index contributed by atoms with van der Waals surface area (Å²) in [6.07, 6.45) is 4.59. The Bertz CT molecular complexity index is 825. The lowest BCUT2D eigenvalue weighted by Crippen LogP contribution is -2.49. The SMILES string of the molecule is CCC(CCCOc1ccc(CN2CC(C(=O)O)C2)cc1)Cc1ccc(C)c(C)c1. The molecule has 0 bridgehead atoms. The van der Waals surface area contributed by atoms with Gasteiger partial charge >= 0.3 is 5.97 Å². The molecule has 4 heteroatoms. The second kappa shape index (κ2) is 10.6. The predicted octanol–water partition coefficient (Wildman–Crippen LogP) is 5.25. The lowest BCUT2D eigenvalue weighted by Gasteiger charge is -2.36. The first-order valence-corrected chi connectivity index (χ1v) is 11.2. The first kappa shape index (κ1) is 22.4. The minimum atomic E-state index is -0.686. The van der Waals surface area contributed by atoms with Crippen LogP contribution in [0.3, 0.4) is 0 Å². The zero-order chi connectivity index (χ0) is 21.5. The Hall–Kier alpha value is -2.33. The van der Waals surface area contributed by atoms with Crippen LogP contribution < -0.4 is 4.74 Å². The molecule has 0 radical (unpaired) electrons. The van der Waals surface area contributed by atoms with Crippen LogP contribution in [0.4, 0.5) is 0 Å². The van der Waals surface area contributed by atoms with Crippen molar-refractivity contribution in [2.45, 2.75) is 53.0 Å². The second-order valence-corrected chi connectivity index (χ2v) is 8.76. The summed E-state index contributed by atoms with van der Waals surface area (Å²) in [4.78, 5) is 13.0. The largest absolute Gasteiger partial charge is 0.494 e. The molecule has 1 atom stereocenters. The van der Waals surface area contributed by atoms with Gasteiger partial charge in [0.25, 0.3) is 0 Å². The highest BCUT2D eigenvalue weighted by Gasteiger charge is 2.32. The zero-order valence-electron chi connectivity index (χ0n) is 18.6. The number of carbonyl (C=O) groups is 1. The maximum Gasteiger partial charge on any atom is 0.309 e. The van der Waals surface area contributed by atoms with Crippen LogP contribution in [-0.4, -0.2) is 35.7 Å². The number of hydrogen-bond donors (Lipinski definition) is 1. The van der Waals surface area contributed by atoms with Gasteiger partial charge in [0.1, 0.15) is 5.75 Å². The zero-order valence-corrected chi connectivity index (χ0v) is 18.6. The van der Waals surface area contributed by atoms with Crippen molar-refractivity contribution in [3.63, 3.8) is 0 Å². The average molecular weight is 410 g/mol. The van der Waals surface area contributed by atoms with E-state index < -0.39 is 5.97 Å². The third kappa shape index (κ3) is 6.33. The molecular formula is C26H35NO3. The van der Waals surface area contributed by atoms with Gasteiger partial charge < -0.3 is 9.84 Å². The quantitative estimate of drug-likeness (QED) is 0.515. The fraction of sp³-hybridized carbons (Fsp3) is 0.500. The van der Waals surface area contributed by atoms with Crippen molar-refractivity contribution in [3.8, 4) is 5.75 Å². The summed E-state index contributed by atoms with van der Waals surface area (Å²) in [6, 6.07) is 15.0. The summed E-state index contributed by atoms with van der Waals surface area (Å²) in [5.41, 5.74) is 5.38. The number of likely N-dealkylation sites (tertiary alicyclic amines) is 1. The summed E-state index contributed by atoms with van der Waals surface area (Å²) < 4.78 is 5.94.